The van der Waals surface area contributed by atoms with Crippen LogP contribution in [0.1, 0.15) is 31.0 Å². The predicted octanol–water partition coefficient (Wildman–Crippen LogP) is 0.768. The standard InChI is InChI=1S/C10H15N3O2/c11-6-9-3-4-12-13(9)8-2-1-7(5-8)10(14)15/h3-4,7-8H,1-2,5-6,11H2,(H,14,15). The van der Waals surface area contributed by atoms with Crippen molar-refractivity contribution in [3.8, 4) is 0 Å². The molecule has 1 aliphatic rings. The first-order valence-electron chi connectivity index (χ1n) is 5.17. The van der Waals surface area contributed by atoms with Crippen LogP contribution in [-0.2, 0) is 11.3 Å². The summed E-state index contributed by atoms with van der Waals surface area (Å²) in [7, 11) is 0. The van der Waals surface area contributed by atoms with Crippen molar-refractivity contribution >= 4 is 5.97 Å². The van der Waals surface area contributed by atoms with E-state index in [0.717, 1.165) is 18.5 Å². The molecule has 1 aliphatic carbocycles. The van der Waals surface area contributed by atoms with E-state index in [4.69, 9.17) is 10.8 Å². The maximum atomic E-state index is 10.8. The number of carboxylic acid groups (broad SMARTS) is 1. The normalized spacial score (nSPS) is 25.7. The summed E-state index contributed by atoms with van der Waals surface area (Å²) in [6.45, 7) is 0.453. The van der Waals surface area contributed by atoms with Crippen molar-refractivity contribution in [3.63, 3.8) is 0 Å². The number of rotatable bonds is 3. The van der Waals surface area contributed by atoms with Gasteiger partial charge in [0, 0.05) is 12.7 Å². The molecule has 15 heavy (non-hydrogen) atoms. The third-order valence-electron chi connectivity index (χ3n) is 3.06. The molecule has 1 fully saturated rings. The number of aliphatic carboxylic acids is 1. The minimum Gasteiger partial charge on any atom is -0.481 e. The first-order valence-corrected chi connectivity index (χ1v) is 5.17. The van der Waals surface area contributed by atoms with Crippen molar-refractivity contribution in [3.05, 3.63) is 18.0 Å². The van der Waals surface area contributed by atoms with Crippen LogP contribution in [0.2, 0.25) is 0 Å². The first-order chi connectivity index (χ1) is 7.22. The van der Waals surface area contributed by atoms with Crippen LogP contribution in [0.25, 0.3) is 0 Å². The molecule has 0 bridgehead atoms. The molecule has 0 saturated heterocycles. The summed E-state index contributed by atoms with van der Waals surface area (Å²) in [6.07, 6.45) is 4.01. The number of carboxylic acids is 1. The van der Waals surface area contributed by atoms with E-state index in [1.165, 1.54) is 0 Å². The summed E-state index contributed by atoms with van der Waals surface area (Å²) in [6, 6.07) is 2.09. The molecule has 82 valence electrons. The van der Waals surface area contributed by atoms with Gasteiger partial charge in [-0.15, -0.1) is 0 Å². The van der Waals surface area contributed by atoms with Gasteiger partial charge in [0.05, 0.1) is 17.7 Å². The highest BCUT2D eigenvalue weighted by Crippen LogP contribution is 2.34. The monoisotopic (exact) mass is 209 g/mol. The Morgan fingerprint density at radius 3 is 3.07 bits per heavy atom. The molecule has 2 unspecified atom stereocenters. The van der Waals surface area contributed by atoms with Crippen molar-refractivity contribution in [1.82, 2.24) is 9.78 Å². The van der Waals surface area contributed by atoms with Gasteiger partial charge in [-0.25, -0.2) is 0 Å². The van der Waals surface area contributed by atoms with Crippen LogP contribution in [0.5, 0.6) is 0 Å². The highest BCUT2D eigenvalue weighted by Gasteiger charge is 2.31. The Balaban J connectivity index is 2.10. The molecule has 1 aromatic rings. The second kappa shape index (κ2) is 4.02. The lowest BCUT2D eigenvalue weighted by molar-refractivity contribution is -0.141. The minimum atomic E-state index is -0.695. The van der Waals surface area contributed by atoms with E-state index in [0.29, 0.717) is 13.0 Å². The lowest BCUT2D eigenvalue weighted by Gasteiger charge is -2.13. The molecular formula is C10H15N3O2. The molecule has 0 amide bonds. The van der Waals surface area contributed by atoms with Gasteiger partial charge in [-0.05, 0) is 25.3 Å². The zero-order chi connectivity index (χ0) is 10.8. The summed E-state index contributed by atoms with van der Waals surface area (Å²) in [5.74, 6) is -0.913. The SMILES string of the molecule is NCc1ccnn1C1CCC(C(=O)O)C1. The first kappa shape index (κ1) is 10.2. The van der Waals surface area contributed by atoms with Crippen LogP contribution in [0.15, 0.2) is 12.3 Å². The van der Waals surface area contributed by atoms with Gasteiger partial charge in [0.2, 0.25) is 0 Å². The number of aromatic nitrogens is 2. The molecule has 0 aromatic carbocycles. The van der Waals surface area contributed by atoms with Gasteiger partial charge in [-0.3, -0.25) is 9.48 Å². The molecule has 0 radical (unpaired) electrons. The Hall–Kier alpha value is -1.36. The topological polar surface area (TPSA) is 81.1 Å². The van der Waals surface area contributed by atoms with Crippen molar-refractivity contribution in [1.29, 1.82) is 0 Å². The van der Waals surface area contributed by atoms with Crippen LogP contribution in [0.4, 0.5) is 0 Å². The second-order valence-corrected chi connectivity index (χ2v) is 3.97. The van der Waals surface area contributed by atoms with Gasteiger partial charge in [-0.1, -0.05) is 0 Å². The molecule has 5 heteroatoms. The Morgan fingerprint density at radius 2 is 2.47 bits per heavy atom. The van der Waals surface area contributed by atoms with Gasteiger partial charge in [0.1, 0.15) is 0 Å². The fraction of sp³-hybridized carbons (Fsp3) is 0.600. The van der Waals surface area contributed by atoms with Gasteiger partial charge < -0.3 is 10.8 Å². The Bertz CT molecular complexity index is 361. The maximum Gasteiger partial charge on any atom is 0.306 e. The highest BCUT2D eigenvalue weighted by molar-refractivity contribution is 5.70. The van der Waals surface area contributed by atoms with Gasteiger partial charge >= 0.3 is 5.97 Å². The molecule has 1 heterocycles. The van der Waals surface area contributed by atoms with Crippen molar-refractivity contribution in [2.45, 2.75) is 31.8 Å². The summed E-state index contributed by atoms with van der Waals surface area (Å²) in [5, 5.41) is 13.1. The molecule has 2 rings (SSSR count). The summed E-state index contributed by atoms with van der Waals surface area (Å²) >= 11 is 0. The van der Waals surface area contributed by atoms with E-state index in [2.05, 4.69) is 5.10 Å². The average molecular weight is 209 g/mol. The molecule has 0 spiro atoms. The summed E-state index contributed by atoms with van der Waals surface area (Å²) < 4.78 is 1.88. The predicted molar refractivity (Wildman–Crippen MR) is 54.1 cm³/mol. The van der Waals surface area contributed by atoms with E-state index in [-0.39, 0.29) is 12.0 Å². The highest BCUT2D eigenvalue weighted by atomic mass is 16.4. The molecule has 2 atom stereocenters. The third-order valence-corrected chi connectivity index (χ3v) is 3.06. The second-order valence-electron chi connectivity index (χ2n) is 3.97. The van der Waals surface area contributed by atoms with Crippen LogP contribution < -0.4 is 5.73 Å². The lowest BCUT2D eigenvalue weighted by Crippen LogP contribution is -2.15. The van der Waals surface area contributed by atoms with Crippen LogP contribution in [0, 0.1) is 5.92 Å². The molecular weight excluding hydrogens is 194 g/mol. The Kier molecular flexibility index (Phi) is 2.73. The maximum absolute atomic E-state index is 10.8. The smallest absolute Gasteiger partial charge is 0.306 e. The quantitative estimate of drug-likeness (QED) is 0.770. The fourth-order valence-electron chi connectivity index (χ4n) is 2.24. The third kappa shape index (κ3) is 1.87. The van der Waals surface area contributed by atoms with E-state index in [1.807, 2.05) is 10.7 Å². The van der Waals surface area contributed by atoms with Crippen molar-refractivity contribution in [2.75, 3.05) is 0 Å². The summed E-state index contributed by atoms with van der Waals surface area (Å²) in [5.41, 5.74) is 6.56. The fourth-order valence-corrected chi connectivity index (χ4v) is 2.24. The number of hydrogen-bond acceptors (Lipinski definition) is 3. The molecule has 5 nitrogen and oxygen atoms in total. The molecule has 3 N–H and O–H groups in total. The Labute approximate surface area is 87.9 Å². The van der Waals surface area contributed by atoms with E-state index in [1.54, 1.807) is 6.20 Å². The molecule has 1 saturated carbocycles. The van der Waals surface area contributed by atoms with Crippen LogP contribution in [-0.4, -0.2) is 20.9 Å². The van der Waals surface area contributed by atoms with Crippen LogP contribution >= 0.6 is 0 Å². The van der Waals surface area contributed by atoms with Crippen molar-refractivity contribution < 1.29 is 9.90 Å². The largest absolute Gasteiger partial charge is 0.481 e. The van der Waals surface area contributed by atoms with Crippen LogP contribution in [0.3, 0.4) is 0 Å². The van der Waals surface area contributed by atoms with Gasteiger partial charge in [-0.2, -0.15) is 5.10 Å². The van der Waals surface area contributed by atoms with E-state index in [9.17, 15) is 4.79 Å². The zero-order valence-electron chi connectivity index (χ0n) is 8.47. The molecule has 1 aromatic heterocycles. The van der Waals surface area contributed by atoms with E-state index >= 15 is 0 Å². The number of carbonyl (C=O) groups is 1. The minimum absolute atomic E-state index is 0.208. The number of nitrogens with two attached hydrogens (primary N) is 1. The van der Waals surface area contributed by atoms with Gasteiger partial charge in [0.15, 0.2) is 0 Å². The Morgan fingerprint density at radius 1 is 1.67 bits per heavy atom. The van der Waals surface area contributed by atoms with Gasteiger partial charge in [0.25, 0.3) is 0 Å². The zero-order valence-corrected chi connectivity index (χ0v) is 8.47. The summed E-state index contributed by atoms with van der Waals surface area (Å²) in [4.78, 5) is 10.8. The molecule has 0 aliphatic heterocycles. The van der Waals surface area contributed by atoms with E-state index < -0.39 is 5.97 Å². The number of nitrogens with zero attached hydrogens (tertiary/aromatic N) is 2. The number of hydrogen-bond donors (Lipinski definition) is 2. The van der Waals surface area contributed by atoms with Crippen molar-refractivity contribution in [2.24, 2.45) is 11.7 Å². The average Bonchev–Trinajstić information content (AvgIpc) is 2.85. The lowest BCUT2D eigenvalue weighted by atomic mass is 10.1.